The Kier molecular flexibility index (Phi) is 3.05. The molecule has 4 nitrogen and oxygen atoms in total. The highest BCUT2D eigenvalue weighted by Crippen LogP contribution is 2.19. The highest BCUT2D eigenvalue weighted by molar-refractivity contribution is 9.10. The van der Waals surface area contributed by atoms with E-state index in [0.717, 1.165) is 10.0 Å². The minimum atomic E-state index is -0.218. The van der Waals surface area contributed by atoms with Gasteiger partial charge in [-0.05, 0) is 35.0 Å². The van der Waals surface area contributed by atoms with Crippen LogP contribution in [0.3, 0.4) is 0 Å². The number of aryl methyl sites for hydroxylation is 1. The van der Waals surface area contributed by atoms with Gasteiger partial charge in [-0.3, -0.25) is 4.79 Å². The van der Waals surface area contributed by atoms with Gasteiger partial charge in [-0.15, -0.1) is 0 Å². The summed E-state index contributed by atoms with van der Waals surface area (Å²) < 4.78 is 5.38. The number of anilines is 1. The van der Waals surface area contributed by atoms with E-state index in [0.29, 0.717) is 11.4 Å². The van der Waals surface area contributed by atoms with Crippen molar-refractivity contribution in [1.29, 1.82) is 0 Å². The van der Waals surface area contributed by atoms with E-state index >= 15 is 0 Å². The molecule has 0 atom stereocenters. The topological polar surface area (TPSA) is 55.1 Å². The third-order valence-electron chi connectivity index (χ3n) is 2.05. The van der Waals surface area contributed by atoms with Crippen LogP contribution >= 0.6 is 15.9 Å². The molecule has 0 saturated heterocycles. The smallest absolute Gasteiger partial charge is 0.258 e. The number of carbonyl (C=O) groups is 1. The number of rotatable bonds is 2. The summed E-state index contributed by atoms with van der Waals surface area (Å²) in [6, 6.07) is 7.16. The molecule has 0 aliphatic heterocycles. The Labute approximate surface area is 101 Å². The maximum atomic E-state index is 11.9. The van der Waals surface area contributed by atoms with Crippen LogP contribution in [0.25, 0.3) is 0 Å². The van der Waals surface area contributed by atoms with E-state index in [4.69, 9.17) is 0 Å². The summed E-state index contributed by atoms with van der Waals surface area (Å²) in [4.78, 5) is 11.9. The number of nitrogens with one attached hydrogen (secondary N) is 1. The first-order valence-electron chi connectivity index (χ1n) is 4.65. The molecule has 1 aromatic heterocycles. The number of nitrogens with zero attached hydrogens (tertiary/aromatic N) is 1. The van der Waals surface area contributed by atoms with Gasteiger partial charge in [0.15, 0.2) is 5.82 Å². The van der Waals surface area contributed by atoms with E-state index in [1.54, 1.807) is 12.1 Å². The molecule has 2 aromatic rings. The van der Waals surface area contributed by atoms with Crippen molar-refractivity contribution >= 4 is 27.7 Å². The lowest BCUT2D eigenvalue weighted by atomic mass is 10.1. The quantitative estimate of drug-likeness (QED) is 0.920. The van der Waals surface area contributed by atoms with Gasteiger partial charge in [0, 0.05) is 10.5 Å². The second-order valence-electron chi connectivity index (χ2n) is 3.32. The van der Waals surface area contributed by atoms with Gasteiger partial charge in [-0.1, -0.05) is 16.8 Å². The van der Waals surface area contributed by atoms with Crippen molar-refractivity contribution < 1.29 is 9.32 Å². The first-order chi connectivity index (χ1) is 7.66. The maximum absolute atomic E-state index is 11.9. The molecule has 2 rings (SSSR count). The molecule has 1 aromatic carbocycles. The zero-order valence-electron chi connectivity index (χ0n) is 8.53. The predicted octanol–water partition coefficient (Wildman–Crippen LogP) is 3.00. The van der Waals surface area contributed by atoms with Crippen LogP contribution in [0.2, 0.25) is 0 Å². The van der Waals surface area contributed by atoms with Crippen molar-refractivity contribution in [1.82, 2.24) is 5.16 Å². The fraction of sp³-hybridized carbons (Fsp3) is 0.0909. The van der Waals surface area contributed by atoms with Gasteiger partial charge in [0.2, 0.25) is 0 Å². The van der Waals surface area contributed by atoms with Gasteiger partial charge in [0.05, 0.1) is 5.56 Å². The van der Waals surface area contributed by atoms with Gasteiger partial charge >= 0.3 is 0 Å². The van der Waals surface area contributed by atoms with E-state index in [2.05, 4.69) is 30.9 Å². The van der Waals surface area contributed by atoms with Crippen LogP contribution in [0.15, 0.2) is 39.5 Å². The lowest BCUT2D eigenvalue weighted by Crippen LogP contribution is -2.12. The maximum Gasteiger partial charge on any atom is 0.258 e. The highest BCUT2D eigenvalue weighted by atomic mass is 79.9. The molecule has 0 fully saturated rings. The average Bonchev–Trinajstić information content (AvgIpc) is 2.74. The molecule has 16 heavy (non-hydrogen) atoms. The Morgan fingerprint density at radius 1 is 1.44 bits per heavy atom. The van der Waals surface area contributed by atoms with Gasteiger partial charge < -0.3 is 9.84 Å². The zero-order chi connectivity index (χ0) is 11.5. The predicted molar refractivity (Wildman–Crippen MR) is 63.3 cm³/mol. The second-order valence-corrected chi connectivity index (χ2v) is 4.18. The molecular weight excluding hydrogens is 272 g/mol. The summed E-state index contributed by atoms with van der Waals surface area (Å²) in [5.74, 6) is 0.183. The SMILES string of the molecule is Cc1ccc(Br)c(C(=O)Nc2ccon2)c1. The second kappa shape index (κ2) is 4.49. The van der Waals surface area contributed by atoms with Gasteiger partial charge in [0.25, 0.3) is 5.91 Å². The van der Waals surface area contributed by atoms with Gasteiger partial charge in [-0.2, -0.15) is 0 Å². The molecule has 0 saturated carbocycles. The fourth-order valence-electron chi connectivity index (χ4n) is 1.27. The van der Waals surface area contributed by atoms with Gasteiger partial charge in [0.1, 0.15) is 6.26 Å². The summed E-state index contributed by atoms with van der Waals surface area (Å²) in [5.41, 5.74) is 1.59. The Balaban J connectivity index is 2.24. The van der Waals surface area contributed by atoms with E-state index in [1.165, 1.54) is 6.26 Å². The third kappa shape index (κ3) is 2.30. The van der Waals surface area contributed by atoms with Crippen LogP contribution in [-0.4, -0.2) is 11.1 Å². The number of amides is 1. The fourth-order valence-corrected chi connectivity index (χ4v) is 1.70. The van der Waals surface area contributed by atoms with Crippen LogP contribution in [0.5, 0.6) is 0 Å². The van der Waals surface area contributed by atoms with Crippen molar-refractivity contribution in [3.63, 3.8) is 0 Å². The van der Waals surface area contributed by atoms with Crippen molar-refractivity contribution in [2.24, 2.45) is 0 Å². The van der Waals surface area contributed by atoms with Crippen LogP contribution in [0.1, 0.15) is 15.9 Å². The summed E-state index contributed by atoms with van der Waals surface area (Å²) in [7, 11) is 0. The van der Waals surface area contributed by atoms with Crippen LogP contribution in [-0.2, 0) is 0 Å². The Hall–Kier alpha value is -1.62. The third-order valence-corrected chi connectivity index (χ3v) is 2.74. The molecule has 0 radical (unpaired) electrons. The monoisotopic (exact) mass is 280 g/mol. The Morgan fingerprint density at radius 2 is 2.25 bits per heavy atom. The van der Waals surface area contributed by atoms with Crippen molar-refractivity contribution in [2.75, 3.05) is 5.32 Å². The lowest BCUT2D eigenvalue weighted by Gasteiger charge is -2.04. The molecule has 5 heteroatoms. The zero-order valence-corrected chi connectivity index (χ0v) is 10.1. The first kappa shape index (κ1) is 10.9. The molecule has 82 valence electrons. The Bertz CT molecular complexity index is 509. The molecular formula is C11H9BrN2O2. The van der Waals surface area contributed by atoms with E-state index in [9.17, 15) is 4.79 Å². The number of benzene rings is 1. The normalized spacial score (nSPS) is 10.1. The molecule has 0 spiro atoms. The van der Waals surface area contributed by atoms with E-state index < -0.39 is 0 Å². The minimum absolute atomic E-state index is 0.218. The molecule has 0 aliphatic carbocycles. The number of hydrogen-bond acceptors (Lipinski definition) is 3. The van der Waals surface area contributed by atoms with Crippen LogP contribution < -0.4 is 5.32 Å². The highest BCUT2D eigenvalue weighted by Gasteiger charge is 2.11. The standard InChI is InChI=1S/C11H9BrN2O2/c1-7-2-3-9(12)8(6-7)11(15)13-10-4-5-16-14-10/h2-6H,1H3,(H,13,14,15). The largest absolute Gasteiger partial charge is 0.363 e. The minimum Gasteiger partial charge on any atom is -0.363 e. The van der Waals surface area contributed by atoms with Crippen LogP contribution in [0.4, 0.5) is 5.82 Å². The number of halogens is 1. The molecule has 0 bridgehead atoms. The molecule has 1 heterocycles. The molecule has 0 unspecified atom stereocenters. The molecule has 1 N–H and O–H groups in total. The van der Waals surface area contributed by atoms with Crippen molar-refractivity contribution in [3.8, 4) is 0 Å². The van der Waals surface area contributed by atoms with E-state index in [1.807, 2.05) is 19.1 Å². The first-order valence-corrected chi connectivity index (χ1v) is 5.44. The summed E-state index contributed by atoms with van der Waals surface area (Å²) in [6.07, 6.45) is 1.40. The van der Waals surface area contributed by atoms with Crippen LogP contribution in [0, 0.1) is 6.92 Å². The van der Waals surface area contributed by atoms with Crippen molar-refractivity contribution in [2.45, 2.75) is 6.92 Å². The number of aromatic nitrogens is 1. The lowest BCUT2D eigenvalue weighted by molar-refractivity contribution is 0.102. The molecule has 1 amide bonds. The summed E-state index contributed by atoms with van der Waals surface area (Å²) in [5, 5.41) is 6.24. The van der Waals surface area contributed by atoms with Gasteiger partial charge in [-0.25, -0.2) is 0 Å². The molecule has 0 aliphatic rings. The number of carbonyl (C=O) groups excluding carboxylic acids is 1. The number of hydrogen-bond donors (Lipinski definition) is 1. The van der Waals surface area contributed by atoms with Crippen molar-refractivity contribution in [3.05, 3.63) is 46.1 Å². The van der Waals surface area contributed by atoms with E-state index in [-0.39, 0.29) is 5.91 Å². The average molecular weight is 281 g/mol. The summed E-state index contributed by atoms with van der Waals surface area (Å²) in [6.45, 7) is 1.93. The Morgan fingerprint density at radius 3 is 2.94 bits per heavy atom. The summed E-state index contributed by atoms with van der Waals surface area (Å²) >= 11 is 3.33.